The number of hydrogen-bond acceptors (Lipinski definition) is 3. The van der Waals surface area contributed by atoms with Crippen LogP contribution < -0.4 is 10.1 Å². The molecule has 0 bridgehead atoms. The van der Waals surface area contributed by atoms with Gasteiger partial charge in [0, 0.05) is 25.2 Å². The highest BCUT2D eigenvalue weighted by molar-refractivity contribution is 5.95. The van der Waals surface area contributed by atoms with E-state index in [1.165, 1.54) is 11.6 Å². The maximum Gasteiger partial charge on any atom is 0.422 e. The summed E-state index contributed by atoms with van der Waals surface area (Å²) in [5.74, 6) is 0.169. The fourth-order valence-corrected chi connectivity index (χ4v) is 3.71. The Morgan fingerprint density at radius 3 is 2.45 bits per heavy atom. The lowest BCUT2D eigenvalue weighted by Crippen LogP contribution is -2.36. The molecule has 0 aliphatic carbocycles. The third-order valence-corrected chi connectivity index (χ3v) is 5.18. The number of benzene rings is 2. The molecule has 0 fully saturated rings. The Bertz CT molecular complexity index is 886. The van der Waals surface area contributed by atoms with Crippen molar-refractivity contribution in [3.8, 4) is 5.75 Å². The van der Waals surface area contributed by atoms with Crippen LogP contribution >= 0.6 is 0 Å². The maximum atomic E-state index is 13.0. The summed E-state index contributed by atoms with van der Waals surface area (Å²) in [6, 6.07) is 8.76. The van der Waals surface area contributed by atoms with Crippen molar-refractivity contribution in [2.24, 2.45) is 0 Å². The van der Waals surface area contributed by atoms with E-state index in [1.54, 1.807) is 17.0 Å². The topological polar surface area (TPSA) is 41.6 Å². The van der Waals surface area contributed by atoms with Crippen LogP contribution in [-0.2, 0) is 19.5 Å². The molecule has 0 unspecified atom stereocenters. The first kappa shape index (κ1) is 21.2. The predicted molar refractivity (Wildman–Crippen MR) is 105 cm³/mol. The SMILES string of the molecule is CNCc1c(C)cc(C(=O)N2CCc3cc(OCC(F)(F)F)ccc3C2)cc1C. The lowest BCUT2D eigenvalue weighted by atomic mass is 9.96. The van der Waals surface area contributed by atoms with Crippen LogP contribution in [0.15, 0.2) is 30.3 Å². The molecule has 3 rings (SSSR count). The Morgan fingerprint density at radius 2 is 1.83 bits per heavy atom. The van der Waals surface area contributed by atoms with Crippen molar-refractivity contribution in [1.82, 2.24) is 10.2 Å². The molecule has 1 N–H and O–H groups in total. The van der Waals surface area contributed by atoms with E-state index in [0.29, 0.717) is 25.1 Å². The molecule has 7 heteroatoms. The Morgan fingerprint density at radius 1 is 1.14 bits per heavy atom. The second kappa shape index (κ2) is 8.45. The number of aryl methyl sites for hydroxylation is 2. The van der Waals surface area contributed by atoms with E-state index in [-0.39, 0.29) is 11.7 Å². The minimum atomic E-state index is -4.36. The lowest BCUT2D eigenvalue weighted by Gasteiger charge is -2.29. The van der Waals surface area contributed by atoms with E-state index in [2.05, 4.69) is 5.32 Å². The summed E-state index contributed by atoms with van der Waals surface area (Å²) in [6.07, 6.45) is -3.78. The molecule has 1 aliphatic rings. The van der Waals surface area contributed by atoms with Gasteiger partial charge in [0.15, 0.2) is 6.61 Å². The molecular formula is C22H25F3N2O2. The number of rotatable bonds is 5. The van der Waals surface area contributed by atoms with Crippen molar-refractivity contribution in [2.45, 2.75) is 39.5 Å². The van der Waals surface area contributed by atoms with Crippen molar-refractivity contribution in [2.75, 3.05) is 20.2 Å². The third kappa shape index (κ3) is 5.09. The zero-order chi connectivity index (χ0) is 21.2. The Hall–Kier alpha value is -2.54. The molecule has 2 aromatic rings. The predicted octanol–water partition coefficient (Wildman–Crippen LogP) is 4.16. The van der Waals surface area contributed by atoms with Crippen molar-refractivity contribution >= 4 is 5.91 Å². The van der Waals surface area contributed by atoms with Gasteiger partial charge < -0.3 is 15.0 Å². The van der Waals surface area contributed by atoms with Crippen LogP contribution in [0, 0.1) is 13.8 Å². The van der Waals surface area contributed by atoms with Gasteiger partial charge in [-0.2, -0.15) is 13.2 Å². The fraction of sp³-hybridized carbons (Fsp3) is 0.409. The van der Waals surface area contributed by atoms with Gasteiger partial charge in [-0.05, 0) is 79.4 Å². The van der Waals surface area contributed by atoms with Crippen LogP contribution in [0.25, 0.3) is 0 Å². The number of halogens is 3. The van der Waals surface area contributed by atoms with E-state index >= 15 is 0 Å². The highest BCUT2D eigenvalue weighted by atomic mass is 19.4. The van der Waals surface area contributed by atoms with Gasteiger partial charge in [-0.15, -0.1) is 0 Å². The van der Waals surface area contributed by atoms with Crippen molar-refractivity contribution in [3.63, 3.8) is 0 Å². The highest BCUT2D eigenvalue weighted by Gasteiger charge is 2.29. The summed E-state index contributed by atoms with van der Waals surface area (Å²) in [4.78, 5) is 14.8. The molecule has 4 nitrogen and oxygen atoms in total. The molecule has 0 radical (unpaired) electrons. The zero-order valence-electron chi connectivity index (χ0n) is 16.8. The van der Waals surface area contributed by atoms with Gasteiger partial charge in [-0.1, -0.05) is 6.07 Å². The highest BCUT2D eigenvalue weighted by Crippen LogP contribution is 2.27. The second-order valence-electron chi connectivity index (χ2n) is 7.43. The van der Waals surface area contributed by atoms with Crippen LogP contribution in [0.3, 0.4) is 0 Å². The molecule has 1 aliphatic heterocycles. The Balaban J connectivity index is 1.73. The standard InChI is InChI=1S/C22H25F3N2O2/c1-14-8-18(9-15(2)20(14)11-26-3)21(28)27-7-6-16-10-19(5-4-17(16)12-27)29-13-22(23,24)25/h4-5,8-10,26H,6-7,11-13H2,1-3H3. The van der Waals surface area contributed by atoms with E-state index in [9.17, 15) is 18.0 Å². The average molecular weight is 406 g/mol. The molecule has 1 amide bonds. The molecule has 29 heavy (non-hydrogen) atoms. The first-order chi connectivity index (χ1) is 13.7. The van der Waals surface area contributed by atoms with Crippen molar-refractivity contribution in [3.05, 3.63) is 63.7 Å². The molecule has 0 saturated carbocycles. The number of hydrogen-bond donors (Lipinski definition) is 1. The minimum absolute atomic E-state index is 0.0322. The van der Waals surface area contributed by atoms with Gasteiger partial charge in [0.2, 0.25) is 0 Å². The first-order valence-electron chi connectivity index (χ1n) is 9.53. The zero-order valence-corrected chi connectivity index (χ0v) is 16.8. The second-order valence-corrected chi connectivity index (χ2v) is 7.43. The van der Waals surface area contributed by atoms with E-state index in [1.807, 2.05) is 33.0 Å². The van der Waals surface area contributed by atoms with Gasteiger partial charge in [0.1, 0.15) is 5.75 Å². The van der Waals surface area contributed by atoms with Crippen molar-refractivity contribution in [1.29, 1.82) is 0 Å². The molecule has 0 spiro atoms. The van der Waals surface area contributed by atoms with Crippen molar-refractivity contribution < 1.29 is 22.7 Å². The molecule has 0 saturated heterocycles. The van der Waals surface area contributed by atoms with Crippen LogP contribution in [0.1, 0.15) is 38.2 Å². The lowest BCUT2D eigenvalue weighted by molar-refractivity contribution is -0.153. The number of alkyl halides is 3. The van der Waals surface area contributed by atoms with E-state index in [4.69, 9.17) is 4.74 Å². The number of carbonyl (C=O) groups excluding carboxylic acids is 1. The fourth-order valence-electron chi connectivity index (χ4n) is 3.71. The minimum Gasteiger partial charge on any atom is -0.484 e. The van der Waals surface area contributed by atoms with Crippen LogP contribution in [-0.4, -0.2) is 37.2 Å². The quantitative estimate of drug-likeness (QED) is 0.811. The van der Waals surface area contributed by atoms with Crippen LogP contribution in [0.5, 0.6) is 5.75 Å². The normalized spacial score (nSPS) is 13.9. The summed E-state index contributed by atoms with van der Waals surface area (Å²) in [6.45, 7) is 4.41. The number of nitrogens with one attached hydrogen (secondary N) is 1. The van der Waals surface area contributed by atoms with Crippen LogP contribution in [0.4, 0.5) is 13.2 Å². The third-order valence-electron chi connectivity index (χ3n) is 5.18. The van der Waals surface area contributed by atoms with Gasteiger partial charge in [0.05, 0.1) is 0 Å². The molecule has 0 atom stereocenters. The molecule has 1 heterocycles. The Labute approximate surface area is 168 Å². The first-order valence-corrected chi connectivity index (χ1v) is 9.53. The van der Waals surface area contributed by atoms with Gasteiger partial charge in [0.25, 0.3) is 5.91 Å². The summed E-state index contributed by atoms with van der Waals surface area (Å²) in [5.41, 5.74) is 5.86. The maximum absolute atomic E-state index is 13.0. The monoisotopic (exact) mass is 406 g/mol. The summed E-state index contributed by atoms with van der Waals surface area (Å²) in [5, 5.41) is 3.14. The number of nitrogens with zero attached hydrogens (tertiary/aromatic N) is 1. The number of carbonyl (C=O) groups is 1. The number of ether oxygens (including phenoxy) is 1. The Kier molecular flexibility index (Phi) is 6.17. The van der Waals surface area contributed by atoms with Gasteiger partial charge >= 0.3 is 6.18 Å². The average Bonchev–Trinajstić information content (AvgIpc) is 2.67. The summed E-state index contributed by atoms with van der Waals surface area (Å²) >= 11 is 0. The largest absolute Gasteiger partial charge is 0.484 e. The number of fused-ring (bicyclic) bond motifs is 1. The summed E-state index contributed by atoms with van der Waals surface area (Å²) in [7, 11) is 1.89. The molecule has 2 aromatic carbocycles. The number of amides is 1. The molecular weight excluding hydrogens is 381 g/mol. The van der Waals surface area contributed by atoms with Crippen LogP contribution in [0.2, 0.25) is 0 Å². The van der Waals surface area contributed by atoms with Gasteiger partial charge in [-0.3, -0.25) is 4.79 Å². The van der Waals surface area contributed by atoms with Gasteiger partial charge in [-0.25, -0.2) is 0 Å². The van der Waals surface area contributed by atoms with E-state index in [0.717, 1.165) is 28.8 Å². The van der Waals surface area contributed by atoms with E-state index < -0.39 is 12.8 Å². The molecule has 156 valence electrons. The summed E-state index contributed by atoms with van der Waals surface area (Å²) < 4.78 is 41.8. The molecule has 0 aromatic heterocycles. The smallest absolute Gasteiger partial charge is 0.422 e.